The second kappa shape index (κ2) is 9.64. The molecule has 1 heterocycles. The molecule has 0 aromatic rings. The number of rotatable bonds is 8. The van der Waals surface area contributed by atoms with Gasteiger partial charge in [-0.1, -0.05) is 13.8 Å². The topological polar surface area (TPSA) is 50.4 Å². The first-order valence-corrected chi connectivity index (χ1v) is 7.99. The molecular weight excluding hydrogens is 248 g/mol. The Bertz CT molecular complexity index is 231. The number of hydrogen-bond donors (Lipinski definition) is 2. The standard InChI is InChI=1S/C13H26N2O2S/c1-11(2)9-17-6-3-4-15-13(16)8-12-10-18-7-5-14-12/h11-12,14H,3-10H2,1-2H3,(H,15,16). The number of carbonyl (C=O) groups is 1. The van der Waals surface area contributed by atoms with Gasteiger partial charge in [-0.25, -0.2) is 0 Å². The van der Waals surface area contributed by atoms with E-state index in [0.29, 0.717) is 18.4 Å². The summed E-state index contributed by atoms with van der Waals surface area (Å²) in [6.45, 7) is 7.55. The van der Waals surface area contributed by atoms with Gasteiger partial charge in [0.05, 0.1) is 0 Å². The monoisotopic (exact) mass is 274 g/mol. The number of thioether (sulfide) groups is 1. The van der Waals surface area contributed by atoms with E-state index in [1.54, 1.807) is 0 Å². The van der Waals surface area contributed by atoms with Crippen LogP contribution in [0.15, 0.2) is 0 Å². The Balaban J connectivity index is 1.93. The van der Waals surface area contributed by atoms with Crippen LogP contribution in [-0.4, -0.2) is 49.8 Å². The minimum Gasteiger partial charge on any atom is -0.381 e. The minimum atomic E-state index is 0.152. The smallest absolute Gasteiger partial charge is 0.221 e. The molecule has 1 amide bonds. The molecule has 1 unspecified atom stereocenters. The van der Waals surface area contributed by atoms with Crippen LogP contribution >= 0.6 is 11.8 Å². The fourth-order valence-electron chi connectivity index (χ4n) is 1.77. The summed E-state index contributed by atoms with van der Waals surface area (Å²) in [5, 5.41) is 6.32. The Morgan fingerprint density at radius 3 is 3.06 bits per heavy atom. The van der Waals surface area contributed by atoms with E-state index in [-0.39, 0.29) is 5.91 Å². The first-order chi connectivity index (χ1) is 8.68. The van der Waals surface area contributed by atoms with E-state index < -0.39 is 0 Å². The summed E-state index contributed by atoms with van der Waals surface area (Å²) in [5.41, 5.74) is 0. The first-order valence-electron chi connectivity index (χ1n) is 6.84. The van der Waals surface area contributed by atoms with Crippen molar-refractivity contribution in [2.75, 3.05) is 37.8 Å². The van der Waals surface area contributed by atoms with Gasteiger partial charge < -0.3 is 15.4 Å². The Morgan fingerprint density at radius 2 is 2.39 bits per heavy atom. The summed E-state index contributed by atoms with van der Waals surface area (Å²) < 4.78 is 5.46. The van der Waals surface area contributed by atoms with E-state index >= 15 is 0 Å². The van der Waals surface area contributed by atoms with Crippen molar-refractivity contribution in [2.24, 2.45) is 5.92 Å². The van der Waals surface area contributed by atoms with Crippen molar-refractivity contribution in [3.05, 3.63) is 0 Å². The highest BCUT2D eigenvalue weighted by atomic mass is 32.2. The highest BCUT2D eigenvalue weighted by molar-refractivity contribution is 7.99. The van der Waals surface area contributed by atoms with Crippen LogP contribution in [0.2, 0.25) is 0 Å². The van der Waals surface area contributed by atoms with Gasteiger partial charge in [-0.15, -0.1) is 0 Å². The summed E-state index contributed by atoms with van der Waals surface area (Å²) in [4.78, 5) is 11.7. The maximum atomic E-state index is 11.7. The molecule has 2 N–H and O–H groups in total. The number of nitrogens with one attached hydrogen (secondary N) is 2. The van der Waals surface area contributed by atoms with Crippen LogP contribution in [0.25, 0.3) is 0 Å². The quantitative estimate of drug-likeness (QED) is 0.654. The molecule has 1 fully saturated rings. The molecule has 0 saturated carbocycles. The van der Waals surface area contributed by atoms with Crippen LogP contribution in [0.3, 0.4) is 0 Å². The molecule has 0 aliphatic carbocycles. The van der Waals surface area contributed by atoms with Gasteiger partial charge in [-0.3, -0.25) is 4.79 Å². The lowest BCUT2D eigenvalue weighted by atomic mass is 10.2. The van der Waals surface area contributed by atoms with E-state index in [0.717, 1.165) is 44.2 Å². The Morgan fingerprint density at radius 1 is 1.56 bits per heavy atom. The molecule has 1 atom stereocenters. The highest BCUT2D eigenvalue weighted by Gasteiger charge is 2.16. The molecule has 18 heavy (non-hydrogen) atoms. The summed E-state index contributed by atoms with van der Waals surface area (Å²) in [5.74, 6) is 2.93. The van der Waals surface area contributed by atoms with Crippen molar-refractivity contribution in [1.29, 1.82) is 0 Å². The van der Waals surface area contributed by atoms with Crippen LogP contribution in [0.4, 0.5) is 0 Å². The molecule has 5 heteroatoms. The van der Waals surface area contributed by atoms with E-state index in [9.17, 15) is 4.79 Å². The lowest BCUT2D eigenvalue weighted by Gasteiger charge is -2.22. The maximum absolute atomic E-state index is 11.7. The Kier molecular flexibility index (Phi) is 8.46. The molecule has 4 nitrogen and oxygen atoms in total. The van der Waals surface area contributed by atoms with Crippen molar-refractivity contribution < 1.29 is 9.53 Å². The lowest BCUT2D eigenvalue weighted by molar-refractivity contribution is -0.121. The molecule has 1 rings (SSSR count). The van der Waals surface area contributed by atoms with Crippen molar-refractivity contribution in [3.63, 3.8) is 0 Å². The zero-order chi connectivity index (χ0) is 13.2. The molecule has 0 aromatic carbocycles. The van der Waals surface area contributed by atoms with Crippen LogP contribution in [0.5, 0.6) is 0 Å². The summed E-state index contributed by atoms with van der Waals surface area (Å²) in [7, 11) is 0. The average Bonchev–Trinajstić information content (AvgIpc) is 2.34. The zero-order valence-electron chi connectivity index (χ0n) is 11.5. The number of hydrogen-bond acceptors (Lipinski definition) is 4. The first kappa shape index (κ1) is 15.8. The maximum Gasteiger partial charge on any atom is 0.221 e. The lowest BCUT2D eigenvalue weighted by Crippen LogP contribution is -2.41. The molecule has 0 bridgehead atoms. The van der Waals surface area contributed by atoms with Gasteiger partial charge >= 0.3 is 0 Å². The number of amides is 1. The number of ether oxygens (including phenoxy) is 1. The summed E-state index contributed by atoms with van der Waals surface area (Å²) in [6, 6.07) is 0.348. The fourth-order valence-corrected chi connectivity index (χ4v) is 2.72. The number of carbonyl (C=O) groups excluding carboxylic acids is 1. The molecule has 106 valence electrons. The fraction of sp³-hybridized carbons (Fsp3) is 0.923. The predicted molar refractivity (Wildman–Crippen MR) is 77.0 cm³/mol. The molecule has 1 saturated heterocycles. The van der Waals surface area contributed by atoms with Crippen LogP contribution in [0.1, 0.15) is 26.7 Å². The van der Waals surface area contributed by atoms with Gasteiger partial charge in [0.1, 0.15) is 0 Å². The molecule has 1 aliphatic rings. The van der Waals surface area contributed by atoms with E-state index in [1.807, 2.05) is 11.8 Å². The minimum absolute atomic E-state index is 0.152. The summed E-state index contributed by atoms with van der Waals surface area (Å²) >= 11 is 1.92. The van der Waals surface area contributed by atoms with Crippen LogP contribution < -0.4 is 10.6 Å². The van der Waals surface area contributed by atoms with Gasteiger partial charge in [0.2, 0.25) is 5.91 Å². The van der Waals surface area contributed by atoms with Crippen LogP contribution in [0, 0.1) is 5.92 Å². The third-order valence-corrected chi connectivity index (χ3v) is 3.80. The van der Waals surface area contributed by atoms with Crippen molar-refractivity contribution in [2.45, 2.75) is 32.7 Å². The third kappa shape index (κ3) is 7.95. The second-order valence-electron chi connectivity index (χ2n) is 5.10. The van der Waals surface area contributed by atoms with E-state index in [2.05, 4.69) is 24.5 Å². The predicted octanol–water partition coefficient (Wildman–Crippen LogP) is 1.26. The summed E-state index contributed by atoms with van der Waals surface area (Å²) in [6.07, 6.45) is 1.49. The zero-order valence-corrected chi connectivity index (χ0v) is 12.4. The SMILES string of the molecule is CC(C)COCCCNC(=O)CC1CSCCN1. The van der Waals surface area contributed by atoms with Gasteiger partial charge in [-0.2, -0.15) is 11.8 Å². The highest BCUT2D eigenvalue weighted by Crippen LogP contribution is 2.09. The van der Waals surface area contributed by atoms with Crippen molar-refractivity contribution >= 4 is 17.7 Å². The third-order valence-electron chi connectivity index (χ3n) is 2.67. The normalized spacial score (nSPS) is 20.1. The van der Waals surface area contributed by atoms with E-state index in [4.69, 9.17) is 4.74 Å². The average molecular weight is 274 g/mol. The van der Waals surface area contributed by atoms with Crippen LogP contribution in [-0.2, 0) is 9.53 Å². The molecule has 0 spiro atoms. The van der Waals surface area contributed by atoms with Crippen molar-refractivity contribution in [3.8, 4) is 0 Å². The molecule has 0 aromatic heterocycles. The Hall–Kier alpha value is -0.260. The second-order valence-corrected chi connectivity index (χ2v) is 6.25. The largest absolute Gasteiger partial charge is 0.381 e. The van der Waals surface area contributed by atoms with Gasteiger partial charge in [0.25, 0.3) is 0 Å². The molecular formula is C13H26N2O2S. The molecule has 0 radical (unpaired) electrons. The Labute approximate surface area is 115 Å². The van der Waals surface area contributed by atoms with Gasteiger partial charge in [0.15, 0.2) is 0 Å². The van der Waals surface area contributed by atoms with Gasteiger partial charge in [0, 0.05) is 50.3 Å². The van der Waals surface area contributed by atoms with E-state index in [1.165, 1.54) is 0 Å². The van der Waals surface area contributed by atoms with Gasteiger partial charge in [-0.05, 0) is 12.3 Å². The molecule has 1 aliphatic heterocycles. The van der Waals surface area contributed by atoms with Crippen molar-refractivity contribution in [1.82, 2.24) is 10.6 Å².